The van der Waals surface area contributed by atoms with Crippen molar-refractivity contribution in [2.45, 2.75) is 46.3 Å². The molecule has 0 saturated carbocycles. The van der Waals surface area contributed by atoms with Crippen molar-refractivity contribution in [1.29, 1.82) is 0 Å². The summed E-state index contributed by atoms with van der Waals surface area (Å²) < 4.78 is 5.37. The predicted octanol–water partition coefficient (Wildman–Crippen LogP) is 0.374. The van der Waals surface area contributed by atoms with Gasteiger partial charge >= 0.3 is 0 Å². The van der Waals surface area contributed by atoms with E-state index in [0.29, 0.717) is 25.6 Å². The summed E-state index contributed by atoms with van der Waals surface area (Å²) in [6, 6.07) is -0.354. The Morgan fingerprint density at radius 1 is 1.43 bits per heavy atom. The van der Waals surface area contributed by atoms with Crippen LogP contribution >= 0.6 is 0 Å². The van der Waals surface area contributed by atoms with E-state index in [1.807, 2.05) is 13.8 Å². The van der Waals surface area contributed by atoms with Gasteiger partial charge in [-0.3, -0.25) is 14.5 Å². The Hall–Kier alpha value is -1.14. The van der Waals surface area contributed by atoms with Crippen molar-refractivity contribution < 1.29 is 14.3 Å². The Morgan fingerprint density at radius 2 is 2.14 bits per heavy atom. The third-order valence-electron chi connectivity index (χ3n) is 3.30. The largest absolute Gasteiger partial charge is 0.377 e. The van der Waals surface area contributed by atoms with E-state index in [9.17, 15) is 9.59 Å². The summed E-state index contributed by atoms with van der Waals surface area (Å²) in [6.07, 6.45) is 0.368. The van der Waals surface area contributed by atoms with Gasteiger partial charge in [0.2, 0.25) is 11.8 Å². The highest BCUT2D eigenvalue weighted by Crippen LogP contribution is 2.11. The van der Waals surface area contributed by atoms with Crippen LogP contribution in [0.1, 0.15) is 34.1 Å². The molecule has 1 aliphatic rings. The molecule has 6 nitrogen and oxygen atoms in total. The zero-order chi connectivity index (χ0) is 15.8. The van der Waals surface area contributed by atoms with Crippen LogP contribution in [-0.4, -0.2) is 61.6 Å². The molecule has 6 heteroatoms. The predicted molar refractivity (Wildman–Crippen MR) is 81.9 cm³/mol. The first kappa shape index (κ1) is 17.9. The van der Waals surface area contributed by atoms with Gasteiger partial charge in [-0.15, -0.1) is 0 Å². The van der Waals surface area contributed by atoms with Gasteiger partial charge in [0.05, 0.1) is 25.2 Å². The smallest absolute Gasteiger partial charge is 0.237 e. The van der Waals surface area contributed by atoms with E-state index in [0.717, 1.165) is 13.1 Å². The van der Waals surface area contributed by atoms with E-state index in [4.69, 9.17) is 4.74 Å². The van der Waals surface area contributed by atoms with Crippen LogP contribution in [0.2, 0.25) is 0 Å². The third-order valence-corrected chi connectivity index (χ3v) is 3.30. The second-order valence-corrected chi connectivity index (χ2v) is 6.17. The monoisotopic (exact) mass is 299 g/mol. The number of rotatable bonds is 8. The molecule has 2 N–H and O–H groups in total. The van der Waals surface area contributed by atoms with Crippen molar-refractivity contribution in [1.82, 2.24) is 15.5 Å². The Bertz CT molecular complexity index is 345. The van der Waals surface area contributed by atoms with Crippen molar-refractivity contribution in [3.05, 3.63) is 0 Å². The molecule has 0 aromatic heterocycles. The molecule has 0 spiro atoms. The number of carbonyl (C=O) groups is 2. The van der Waals surface area contributed by atoms with Crippen molar-refractivity contribution >= 4 is 11.8 Å². The van der Waals surface area contributed by atoms with E-state index >= 15 is 0 Å². The van der Waals surface area contributed by atoms with E-state index in [2.05, 4.69) is 29.4 Å². The number of piperazine rings is 1. The van der Waals surface area contributed by atoms with Gasteiger partial charge in [-0.25, -0.2) is 0 Å². The second-order valence-electron chi connectivity index (χ2n) is 6.17. The zero-order valence-electron chi connectivity index (χ0n) is 13.6. The van der Waals surface area contributed by atoms with Gasteiger partial charge in [0.25, 0.3) is 0 Å². The molecule has 1 aliphatic heterocycles. The van der Waals surface area contributed by atoms with Crippen LogP contribution in [0, 0.1) is 5.92 Å². The summed E-state index contributed by atoms with van der Waals surface area (Å²) in [4.78, 5) is 26.0. The average Bonchev–Trinajstić information content (AvgIpc) is 2.38. The maximum Gasteiger partial charge on any atom is 0.237 e. The molecule has 122 valence electrons. The van der Waals surface area contributed by atoms with E-state index in [-0.39, 0.29) is 30.4 Å². The average molecular weight is 299 g/mol. The first-order valence-corrected chi connectivity index (χ1v) is 7.80. The van der Waals surface area contributed by atoms with Crippen molar-refractivity contribution in [3.8, 4) is 0 Å². The summed E-state index contributed by atoms with van der Waals surface area (Å²) in [7, 11) is 0. The third kappa shape index (κ3) is 6.91. The molecule has 0 aliphatic carbocycles. The lowest BCUT2D eigenvalue weighted by molar-refractivity contribution is -0.134. The lowest BCUT2D eigenvalue weighted by Crippen LogP contribution is -2.57. The molecule has 1 rings (SSSR count). The van der Waals surface area contributed by atoms with Crippen LogP contribution in [0.25, 0.3) is 0 Å². The standard InChI is InChI=1S/C15H29N3O3/c1-11(2)10-18-7-5-17-15(20)13(18)9-14(19)16-6-8-21-12(3)4/h11-13H,5-10H2,1-4H3,(H,16,19)(H,17,20)/t13-/m0/s1. The molecule has 21 heavy (non-hydrogen) atoms. The summed E-state index contributed by atoms with van der Waals surface area (Å²) in [5.74, 6) is 0.328. The molecular weight excluding hydrogens is 270 g/mol. The Kier molecular flexibility index (Phi) is 7.67. The summed E-state index contributed by atoms with van der Waals surface area (Å²) in [5, 5.41) is 5.65. The number of carbonyl (C=O) groups excluding carboxylic acids is 2. The zero-order valence-corrected chi connectivity index (χ0v) is 13.6. The number of nitrogens with one attached hydrogen (secondary N) is 2. The summed E-state index contributed by atoms with van der Waals surface area (Å²) in [6.45, 7) is 11.4. The van der Waals surface area contributed by atoms with Crippen LogP contribution in [0.5, 0.6) is 0 Å². The van der Waals surface area contributed by atoms with Gasteiger partial charge in [-0.05, 0) is 19.8 Å². The van der Waals surface area contributed by atoms with Crippen LogP contribution in [-0.2, 0) is 14.3 Å². The highest BCUT2D eigenvalue weighted by Gasteiger charge is 2.31. The van der Waals surface area contributed by atoms with Gasteiger partial charge in [-0.2, -0.15) is 0 Å². The minimum atomic E-state index is -0.354. The summed E-state index contributed by atoms with van der Waals surface area (Å²) in [5.41, 5.74) is 0. The van der Waals surface area contributed by atoms with E-state index < -0.39 is 0 Å². The first-order chi connectivity index (χ1) is 9.90. The van der Waals surface area contributed by atoms with Crippen LogP contribution in [0.3, 0.4) is 0 Å². The lowest BCUT2D eigenvalue weighted by atomic mass is 10.1. The fourth-order valence-electron chi connectivity index (χ4n) is 2.40. The Morgan fingerprint density at radius 3 is 2.76 bits per heavy atom. The van der Waals surface area contributed by atoms with Crippen molar-refractivity contribution in [3.63, 3.8) is 0 Å². The SMILES string of the molecule is CC(C)CN1CCNC(=O)[C@@H]1CC(=O)NCCOC(C)C. The van der Waals surface area contributed by atoms with Crippen LogP contribution < -0.4 is 10.6 Å². The molecule has 1 atom stereocenters. The fraction of sp³-hybridized carbons (Fsp3) is 0.867. The molecular formula is C15H29N3O3. The second kappa shape index (κ2) is 9.00. The number of nitrogens with zero attached hydrogens (tertiary/aromatic N) is 1. The number of hydrogen-bond donors (Lipinski definition) is 2. The molecule has 0 aromatic rings. The van der Waals surface area contributed by atoms with Gasteiger partial charge in [0.15, 0.2) is 0 Å². The van der Waals surface area contributed by atoms with Crippen molar-refractivity contribution in [2.75, 3.05) is 32.8 Å². The Labute approximate surface area is 127 Å². The molecule has 1 saturated heterocycles. The van der Waals surface area contributed by atoms with Crippen LogP contribution in [0.4, 0.5) is 0 Å². The minimum Gasteiger partial charge on any atom is -0.377 e. The maximum atomic E-state index is 12.0. The van der Waals surface area contributed by atoms with Gasteiger partial charge in [-0.1, -0.05) is 13.8 Å². The highest BCUT2D eigenvalue weighted by molar-refractivity contribution is 5.88. The Balaban J connectivity index is 2.40. The van der Waals surface area contributed by atoms with Crippen molar-refractivity contribution in [2.24, 2.45) is 5.92 Å². The lowest BCUT2D eigenvalue weighted by Gasteiger charge is -2.35. The molecule has 2 amide bonds. The molecule has 1 heterocycles. The first-order valence-electron chi connectivity index (χ1n) is 7.80. The topological polar surface area (TPSA) is 70.7 Å². The molecule has 0 unspecified atom stereocenters. The normalized spacial score (nSPS) is 19.9. The number of ether oxygens (including phenoxy) is 1. The van der Waals surface area contributed by atoms with E-state index in [1.54, 1.807) is 0 Å². The van der Waals surface area contributed by atoms with Gasteiger partial charge in [0.1, 0.15) is 0 Å². The quantitative estimate of drug-likeness (QED) is 0.636. The van der Waals surface area contributed by atoms with Crippen LogP contribution in [0.15, 0.2) is 0 Å². The van der Waals surface area contributed by atoms with E-state index in [1.165, 1.54) is 0 Å². The molecule has 0 radical (unpaired) electrons. The maximum absolute atomic E-state index is 12.0. The highest BCUT2D eigenvalue weighted by atomic mass is 16.5. The summed E-state index contributed by atoms with van der Waals surface area (Å²) >= 11 is 0. The minimum absolute atomic E-state index is 0.0459. The number of hydrogen-bond acceptors (Lipinski definition) is 4. The molecule has 0 aromatic carbocycles. The fourth-order valence-corrected chi connectivity index (χ4v) is 2.40. The van der Waals surface area contributed by atoms with Gasteiger partial charge in [0, 0.05) is 26.2 Å². The molecule has 0 bridgehead atoms. The van der Waals surface area contributed by atoms with Gasteiger partial charge < -0.3 is 15.4 Å². The molecule has 1 fully saturated rings. The number of amides is 2.